The molecule has 1 aromatic carbocycles. The van der Waals surface area contributed by atoms with Gasteiger partial charge in [0.05, 0.1) is 5.69 Å². The number of carbonyl (C=O) groups excluding carboxylic acids is 1. The summed E-state index contributed by atoms with van der Waals surface area (Å²) in [4.78, 5) is 28.7. The molecule has 7 nitrogen and oxygen atoms in total. The third-order valence-electron chi connectivity index (χ3n) is 3.85. The summed E-state index contributed by atoms with van der Waals surface area (Å²) in [7, 11) is 0. The highest BCUT2D eigenvalue weighted by Gasteiger charge is 2.20. The minimum atomic E-state index is -0.235. The van der Waals surface area contributed by atoms with Gasteiger partial charge in [-0.05, 0) is 18.1 Å². The third kappa shape index (κ3) is 2.90. The number of aromatic amines is 1. The maximum atomic E-state index is 12.9. The SMILES string of the molecule is CC(=O)Nc1cccc(-c2nc3c(C#N)c[nH]n3c(=O)c2C(C)C)c1. The Morgan fingerprint density at radius 1 is 1.40 bits per heavy atom. The number of anilines is 1. The van der Waals surface area contributed by atoms with Crippen molar-refractivity contribution in [3.05, 3.63) is 51.9 Å². The van der Waals surface area contributed by atoms with E-state index in [1.807, 2.05) is 26.0 Å². The molecule has 0 radical (unpaired) electrons. The zero-order valence-corrected chi connectivity index (χ0v) is 14.1. The molecule has 0 atom stereocenters. The van der Waals surface area contributed by atoms with Gasteiger partial charge >= 0.3 is 0 Å². The molecule has 1 amide bonds. The van der Waals surface area contributed by atoms with E-state index in [0.717, 1.165) is 0 Å². The zero-order valence-electron chi connectivity index (χ0n) is 14.1. The zero-order chi connectivity index (χ0) is 18.1. The van der Waals surface area contributed by atoms with Crippen molar-refractivity contribution < 1.29 is 4.79 Å². The first-order valence-corrected chi connectivity index (χ1v) is 7.84. The molecule has 0 aliphatic carbocycles. The number of carbonyl (C=O) groups is 1. The second-order valence-electron chi connectivity index (χ2n) is 6.05. The van der Waals surface area contributed by atoms with Crippen LogP contribution in [0.3, 0.4) is 0 Å². The summed E-state index contributed by atoms with van der Waals surface area (Å²) < 4.78 is 1.29. The average molecular weight is 335 g/mol. The fourth-order valence-electron chi connectivity index (χ4n) is 2.80. The van der Waals surface area contributed by atoms with Crippen molar-refractivity contribution >= 4 is 17.2 Å². The van der Waals surface area contributed by atoms with Crippen LogP contribution < -0.4 is 10.9 Å². The summed E-state index contributed by atoms with van der Waals surface area (Å²) in [5.74, 6) is -0.243. The molecule has 7 heteroatoms. The topological polar surface area (TPSA) is 103 Å². The van der Waals surface area contributed by atoms with E-state index in [0.29, 0.717) is 28.1 Å². The molecule has 3 rings (SSSR count). The summed E-state index contributed by atoms with van der Waals surface area (Å²) >= 11 is 0. The van der Waals surface area contributed by atoms with Crippen LogP contribution in [-0.4, -0.2) is 20.5 Å². The predicted octanol–water partition coefficient (Wildman–Crippen LogP) is 2.64. The van der Waals surface area contributed by atoms with Crippen molar-refractivity contribution in [1.29, 1.82) is 5.26 Å². The number of nitrogens with one attached hydrogen (secondary N) is 2. The van der Waals surface area contributed by atoms with Crippen LogP contribution in [0.5, 0.6) is 0 Å². The van der Waals surface area contributed by atoms with Gasteiger partial charge in [-0.2, -0.15) is 5.26 Å². The lowest BCUT2D eigenvalue weighted by Gasteiger charge is -2.13. The molecule has 0 aliphatic heterocycles. The lowest BCUT2D eigenvalue weighted by Crippen LogP contribution is -2.22. The van der Waals surface area contributed by atoms with Gasteiger partial charge in [0.1, 0.15) is 11.6 Å². The fraction of sp³-hybridized carbons (Fsp3) is 0.222. The minimum absolute atomic E-state index is 0.0647. The molecule has 0 unspecified atom stereocenters. The quantitative estimate of drug-likeness (QED) is 0.768. The molecule has 0 aliphatic rings. The number of fused-ring (bicyclic) bond motifs is 1. The van der Waals surface area contributed by atoms with Crippen LogP contribution in [0.1, 0.15) is 37.8 Å². The second-order valence-corrected chi connectivity index (χ2v) is 6.05. The molecule has 0 fully saturated rings. The first-order chi connectivity index (χ1) is 11.9. The first kappa shape index (κ1) is 16.5. The molecule has 126 valence electrons. The predicted molar refractivity (Wildman–Crippen MR) is 94.4 cm³/mol. The Balaban J connectivity index is 2.31. The number of nitriles is 1. The van der Waals surface area contributed by atoms with E-state index in [2.05, 4.69) is 15.4 Å². The normalized spacial score (nSPS) is 10.8. The van der Waals surface area contributed by atoms with E-state index in [1.54, 1.807) is 18.2 Å². The molecular formula is C18H17N5O2. The number of benzene rings is 1. The van der Waals surface area contributed by atoms with Crippen LogP contribution in [0, 0.1) is 11.3 Å². The molecule has 0 spiro atoms. The molecular weight excluding hydrogens is 318 g/mol. The Bertz CT molecular complexity index is 1070. The maximum Gasteiger partial charge on any atom is 0.276 e. The van der Waals surface area contributed by atoms with E-state index >= 15 is 0 Å². The summed E-state index contributed by atoms with van der Waals surface area (Å²) in [6.45, 7) is 5.27. The van der Waals surface area contributed by atoms with Gasteiger partial charge in [-0.15, -0.1) is 0 Å². The number of rotatable bonds is 3. The number of hydrogen-bond acceptors (Lipinski definition) is 4. The molecule has 2 aromatic heterocycles. The van der Waals surface area contributed by atoms with Gasteiger partial charge < -0.3 is 5.32 Å². The monoisotopic (exact) mass is 335 g/mol. The lowest BCUT2D eigenvalue weighted by molar-refractivity contribution is -0.114. The summed E-state index contributed by atoms with van der Waals surface area (Å²) in [5.41, 5.74) is 2.74. The highest BCUT2D eigenvalue weighted by Crippen LogP contribution is 2.28. The lowest BCUT2D eigenvalue weighted by atomic mass is 9.98. The number of nitrogens with zero attached hydrogens (tertiary/aromatic N) is 3. The highest BCUT2D eigenvalue weighted by atomic mass is 16.1. The first-order valence-electron chi connectivity index (χ1n) is 7.84. The minimum Gasteiger partial charge on any atom is -0.326 e. The highest BCUT2D eigenvalue weighted by molar-refractivity contribution is 5.89. The molecule has 0 bridgehead atoms. The van der Waals surface area contributed by atoms with Crippen molar-refractivity contribution in [2.75, 3.05) is 5.32 Å². The number of hydrogen-bond donors (Lipinski definition) is 2. The van der Waals surface area contributed by atoms with Crippen LogP contribution in [0.4, 0.5) is 5.69 Å². The third-order valence-corrected chi connectivity index (χ3v) is 3.85. The summed E-state index contributed by atoms with van der Waals surface area (Å²) in [6.07, 6.45) is 1.46. The Hall–Kier alpha value is -3.40. The second kappa shape index (κ2) is 6.24. The Morgan fingerprint density at radius 3 is 2.80 bits per heavy atom. The Morgan fingerprint density at radius 2 is 2.16 bits per heavy atom. The summed E-state index contributed by atoms with van der Waals surface area (Å²) in [5, 5.41) is 14.7. The standard InChI is InChI=1S/C18H17N5O2/c1-10(2)15-16(12-5-4-6-14(7-12)21-11(3)24)22-17-13(8-19)9-20-23(17)18(15)25/h4-7,9-10,20H,1-3H3,(H,21,24). The Labute approximate surface area is 143 Å². The van der Waals surface area contributed by atoms with E-state index in [4.69, 9.17) is 0 Å². The van der Waals surface area contributed by atoms with Gasteiger partial charge in [0.25, 0.3) is 5.56 Å². The van der Waals surface area contributed by atoms with Gasteiger partial charge in [0.15, 0.2) is 5.65 Å². The van der Waals surface area contributed by atoms with Gasteiger partial charge in [0, 0.05) is 29.9 Å². The van der Waals surface area contributed by atoms with Crippen LogP contribution >= 0.6 is 0 Å². The largest absolute Gasteiger partial charge is 0.326 e. The van der Waals surface area contributed by atoms with Gasteiger partial charge in [-0.25, -0.2) is 9.50 Å². The molecule has 2 heterocycles. The van der Waals surface area contributed by atoms with Gasteiger partial charge in [0.2, 0.25) is 5.91 Å². The van der Waals surface area contributed by atoms with Crippen LogP contribution in [-0.2, 0) is 4.79 Å². The molecule has 0 saturated heterocycles. The van der Waals surface area contributed by atoms with E-state index < -0.39 is 0 Å². The fourth-order valence-corrected chi connectivity index (χ4v) is 2.80. The number of aromatic nitrogens is 3. The van der Waals surface area contributed by atoms with E-state index in [9.17, 15) is 14.9 Å². The number of H-pyrrole nitrogens is 1. The van der Waals surface area contributed by atoms with Gasteiger partial charge in [-0.1, -0.05) is 26.0 Å². The van der Waals surface area contributed by atoms with Crippen molar-refractivity contribution in [3.8, 4) is 17.3 Å². The van der Waals surface area contributed by atoms with Gasteiger partial charge in [-0.3, -0.25) is 14.7 Å². The van der Waals surface area contributed by atoms with E-state index in [1.165, 1.54) is 17.6 Å². The molecule has 25 heavy (non-hydrogen) atoms. The van der Waals surface area contributed by atoms with Crippen LogP contribution in [0.2, 0.25) is 0 Å². The van der Waals surface area contributed by atoms with Crippen LogP contribution in [0.15, 0.2) is 35.3 Å². The smallest absolute Gasteiger partial charge is 0.276 e. The van der Waals surface area contributed by atoms with E-state index in [-0.39, 0.29) is 23.0 Å². The van der Waals surface area contributed by atoms with Crippen molar-refractivity contribution in [1.82, 2.24) is 14.6 Å². The summed E-state index contributed by atoms with van der Waals surface area (Å²) in [6, 6.07) is 9.18. The molecule has 2 N–H and O–H groups in total. The molecule has 3 aromatic rings. The Kier molecular flexibility index (Phi) is 4.11. The maximum absolute atomic E-state index is 12.9. The number of amides is 1. The van der Waals surface area contributed by atoms with Crippen molar-refractivity contribution in [3.63, 3.8) is 0 Å². The average Bonchev–Trinajstić information content (AvgIpc) is 2.97. The molecule has 0 saturated carbocycles. The van der Waals surface area contributed by atoms with Crippen molar-refractivity contribution in [2.24, 2.45) is 0 Å². The van der Waals surface area contributed by atoms with Crippen molar-refractivity contribution in [2.45, 2.75) is 26.7 Å². The van der Waals surface area contributed by atoms with Crippen LogP contribution in [0.25, 0.3) is 16.9 Å².